The normalized spacial score (nSPS) is 23.7. The van der Waals surface area contributed by atoms with Crippen LogP contribution in [0.4, 0.5) is 0 Å². The molecule has 0 fully saturated rings. The van der Waals surface area contributed by atoms with Crippen LogP contribution >= 0.6 is 0 Å². The Kier molecular flexibility index (Phi) is 5.58. The zero-order valence-corrected chi connectivity index (χ0v) is 12.0. The summed E-state index contributed by atoms with van der Waals surface area (Å²) in [6.07, 6.45) is 10.2. The van der Waals surface area contributed by atoms with Gasteiger partial charge in [0.15, 0.2) is 0 Å². The quantitative estimate of drug-likeness (QED) is 0.639. The summed E-state index contributed by atoms with van der Waals surface area (Å²) in [4.78, 5) is 11.5. The minimum atomic E-state index is -0.643. The molecule has 2 nitrogen and oxygen atoms in total. The van der Waals surface area contributed by atoms with Crippen molar-refractivity contribution < 1.29 is 9.53 Å². The average Bonchev–Trinajstić information content (AvgIpc) is 2.76. The summed E-state index contributed by atoms with van der Waals surface area (Å²) >= 11 is 0. The van der Waals surface area contributed by atoms with Crippen LogP contribution in [0, 0.1) is 5.92 Å². The van der Waals surface area contributed by atoms with Crippen LogP contribution in [0.5, 0.6) is 0 Å². The first-order chi connectivity index (χ1) is 8.66. The van der Waals surface area contributed by atoms with Crippen LogP contribution in [0.2, 0.25) is 0 Å². The number of allylic oxidation sites excluding steroid dienone is 2. The first-order valence-corrected chi connectivity index (χ1v) is 6.83. The van der Waals surface area contributed by atoms with Crippen LogP contribution in [0.3, 0.4) is 0 Å². The van der Waals surface area contributed by atoms with Crippen molar-refractivity contribution in [1.29, 1.82) is 0 Å². The SMILES string of the molecule is CCCCC(CC)C(=C=O)C1(OC)C=CC=C1C. The van der Waals surface area contributed by atoms with E-state index in [2.05, 4.69) is 19.8 Å². The van der Waals surface area contributed by atoms with Gasteiger partial charge in [0.1, 0.15) is 11.5 Å². The summed E-state index contributed by atoms with van der Waals surface area (Å²) in [5.74, 6) is 2.43. The lowest BCUT2D eigenvalue weighted by Gasteiger charge is -2.33. The van der Waals surface area contributed by atoms with Crippen molar-refractivity contribution >= 4 is 5.94 Å². The summed E-state index contributed by atoms with van der Waals surface area (Å²) in [6, 6.07) is 0. The van der Waals surface area contributed by atoms with Gasteiger partial charge >= 0.3 is 0 Å². The number of carbonyl (C=O) groups excluding carboxylic acids is 1. The lowest BCUT2D eigenvalue weighted by Crippen LogP contribution is -2.35. The topological polar surface area (TPSA) is 26.3 Å². The number of methoxy groups -OCH3 is 1. The maximum absolute atomic E-state index is 11.5. The van der Waals surface area contributed by atoms with Gasteiger partial charge < -0.3 is 4.74 Å². The summed E-state index contributed by atoms with van der Waals surface area (Å²) in [7, 11) is 1.66. The minimum Gasteiger partial charge on any atom is -0.365 e. The maximum atomic E-state index is 11.5. The van der Waals surface area contributed by atoms with E-state index >= 15 is 0 Å². The third-order valence-electron chi connectivity index (χ3n) is 3.90. The molecule has 1 aliphatic carbocycles. The second kappa shape index (κ2) is 6.72. The van der Waals surface area contributed by atoms with Gasteiger partial charge in [0.25, 0.3) is 0 Å². The van der Waals surface area contributed by atoms with E-state index in [4.69, 9.17) is 4.74 Å². The van der Waals surface area contributed by atoms with E-state index in [1.54, 1.807) is 7.11 Å². The Bertz CT molecular complexity index is 386. The fourth-order valence-corrected chi connectivity index (χ4v) is 2.69. The van der Waals surface area contributed by atoms with E-state index in [-0.39, 0.29) is 5.92 Å². The molecular weight excluding hydrogens is 224 g/mol. The third-order valence-corrected chi connectivity index (χ3v) is 3.90. The zero-order valence-electron chi connectivity index (χ0n) is 12.0. The molecular formula is C16H24O2. The predicted molar refractivity (Wildman–Crippen MR) is 75.1 cm³/mol. The number of unbranched alkanes of at least 4 members (excludes halogenated alkanes) is 1. The van der Waals surface area contributed by atoms with Crippen molar-refractivity contribution in [2.24, 2.45) is 5.92 Å². The Hall–Kier alpha value is -1.11. The standard InChI is InChI=1S/C16H24O2/c1-5-7-10-14(6-2)15(12-17)16(18-4)11-8-9-13(16)3/h8-9,11,14H,5-7,10H2,1-4H3. The molecule has 2 heteroatoms. The highest BCUT2D eigenvalue weighted by Crippen LogP contribution is 2.39. The van der Waals surface area contributed by atoms with E-state index in [1.807, 2.05) is 25.2 Å². The fraction of sp³-hybridized carbons (Fsp3) is 0.625. The molecule has 1 aliphatic rings. The molecule has 0 aromatic heterocycles. The molecule has 0 saturated carbocycles. The molecule has 2 unspecified atom stereocenters. The van der Waals surface area contributed by atoms with E-state index < -0.39 is 5.60 Å². The van der Waals surface area contributed by atoms with Crippen molar-refractivity contribution in [2.45, 2.75) is 52.1 Å². The third kappa shape index (κ3) is 2.66. The molecule has 0 amide bonds. The monoisotopic (exact) mass is 248 g/mol. The predicted octanol–water partition coefficient (Wildman–Crippen LogP) is 3.86. The molecule has 0 radical (unpaired) electrons. The van der Waals surface area contributed by atoms with E-state index in [9.17, 15) is 4.79 Å². The van der Waals surface area contributed by atoms with Gasteiger partial charge in [0.05, 0.1) is 5.57 Å². The molecule has 0 aliphatic heterocycles. The van der Waals surface area contributed by atoms with Gasteiger partial charge in [-0.2, -0.15) is 0 Å². The molecule has 0 spiro atoms. The molecule has 0 aromatic carbocycles. The largest absolute Gasteiger partial charge is 0.365 e. The van der Waals surface area contributed by atoms with Crippen LogP contribution in [0.1, 0.15) is 46.5 Å². The minimum absolute atomic E-state index is 0.258. The first kappa shape index (κ1) is 14.9. The van der Waals surface area contributed by atoms with E-state index in [1.165, 1.54) is 0 Å². The van der Waals surface area contributed by atoms with Gasteiger partial charge in [-0.25, -0.2) is 4.79 Å². The average molecular weight is 248 g/mol. The Labute approximate surface area is 110 Å². The molecule has 18 heavy (non-hydrogen) atoms. The molecule has 0 bridgehead atoms. The molecule has 2 atom stereocenters. The summed E-state index contributed by atoms with van der Waals surface area (Å²) < 4.78 is 5.67. The van der Waals surface area contributed by atoms with Crippen LogP contribution in [0.15, 0.2) is 29.4 Å². The van der Waals surface area contributed by atoms with Crippen molar-refractivity contribution in [3.63, 3.8) is 0 Å². The highest BCUT2D eigenvalue weighted by atomic mass is 16.5. The Morgan fingerprint density at radius 2 is 2.22 bits per heavy atom. The molecule has 0 aromatic rings. The van der Waals surface area contributed by atoms with E-state index in [0.29, 0.717) is 0 Å². The van der Waals surface area contributed by atoms with Crippen LogP contribution < -0.4 is 0 Å². The van der Waals surface area contributed by atoms with Crippen molar-refractivity contribution in [3.05, 3.63) is 29.4 Å². The second-order valence-electron chi connectivity index (χ2n) is 4.91. The van der Waals surface area contributed by atoms with Gasteiger partial charge in [-0.1, -0.05) is 38.8 Å². The van der Waals surface area contributed by atoms with E-state index in [0.717, 1.165) is 36.8 Å². The molecule has 0 saturated heterocycles. The van der Waals surface area contributed by atoms with Crippen LogP contribution in [-0.2, 0) is 9.53 Å². The Balaban J connectivity index is 3.05. The number of ether oxygens (including phenoxy) is 1. The van der Waals surface area contributed by atoms with Crippen LogP contribution in [0.25, 0.3) is 0 Å². The lowest BCUT2D eigenvalue weighted by atomic mass is 9.78. The molecule has 0 N–H and O–H groups in total. The maximum Gasteiger partial charge on any atom is 0.139 e. The van der Waals surface area contributed by atoms with Gasteiger partial charge in [-0.15, -0.1) is 0 Å². The highest BCUT2D eigenvalue weighted by molar-refractivity contribution is 5.64. The summed E-state index contributed by atoms with van der Waals surface area (Å²) in [5.41, 5.74) is 1.18. The summed E-state index contributed by atoms with van der Waals surface area (Å²) in [6.45, 7) is 6.30. The highest BCUT2D eigenvalue weighted by Gasteiger charge is 2.39. The van der Waals surface area contributed by atoms with Crippen LogP contribution in [-0.4, -0.2) is 18.7 Å². The lowest BCUT2D eigenvalue weighted by molar-refractivity contribution is 0.0876. The van der Waals surface area contributed by atoms with Gasteiger partial charge in [-0.05, 0) is 37.3 Å². The fourth-order valence-electron chi connectivity index (χ4n) is 2.69. The van der Waals surface area contributed by atoms with Crippen molar-refractivity contribution in [3.8, 4) is 0 Å². The molecule has 1 rings (SSSR count). The van der Waals surface area contributed by atoms with Crippen molar-refractivity contribution in [2.75, 3.05) is 7.11 Å². The Morgan fingerprint density at radius 3 is 2.61 bits per heavy atom. The zero-order chi connectivity index (χ0) is 13.6. The van der Waals surface area contributed by atoms with Gasteiger partial charge in [0, 0.05) is 7.11 Å². The number of rotatable bonds is 7. The second-order valence-corrected chi connectivity index (χ2v) is 4.91. The summed E-state index contributed by atoms with van der Waals surface area (Å²) in [5, 5.41) is 0. The first-order valence-electron chi connectivity index (χ1n) is 6.83. The van der Waals surface area contributed by atoms with Gasteiger partial charge in [0.2, 0.25) is 0 Å². The Morgan fingerprint density at radius 1 is 1.50 bits per heavy atom. The molecule has 0 heterocycles. The smallest absolute Gasteiger partial charge is 0.139 e. The van der Waals surface area contributed by atoms with Gasteiger partial charge in [-0.3, -0.25) is 0 Å². The molecule has 100 valence electrons. The number of hydrogen-bond donors (Lipinski definition) is 0. The van der Waals surface area contributed by atoms with Crippen molar-refractivity contribution in [1.82, 2.24) is 0 Å². The number of hydrogen-bond acceptors (Lipinski definition) is 2.